The summed E-state index contributed by atoms with van der Waals surface area (Å²) in [4.78, 5) is 27.8. The van der Waals surface area contributed by atoms with Gasteiger partial charge in [0.1, 0.15) is 5.75 Å². The predicted molar refractivity (Wildman–Crippen MR) is 127 cm³/mol. The maximum absolute atomic E-state index is 13.3. The molecule has 0 aromatic heterocycles. The maximum atomic E-state index is 13.3. The van der Waals surface area contributed by atoms with E-state index in [1.54, 1.807) is 7.11 Å². The van der Waals surface area contributed by atoms with Gasteiger partial charge in [-0.3, -0.25) is 9.59 Å². The Morgan fingerprint density at radius 1 is 1.03 bits per heavy atom. The summed E-state index contributed by atoms with van der Waals surface area (Å²) >= 11 is 0. The van der Waals surface area contributed by atoms with Gasteiger partial charge in [0.25, 0.3) is 5.91 Å². The summed E-state index contributed by atoms with van der Waals surface area (Å²) in [5.41, 5.74) is 2.02. The summed E-state index contributed by atoms with van der Waals surface area (Å²) in [6.45, 7) is 0.398. The van der Waals surface area contributed by atoms with Gasteiger partial charge in [-0.2, -0.15) is 0 Å². The normalized spacial score (nSPS) is 14.2. The number of nitrogens with one attached hydrogen (secondary N) is 2. The van der Waals surface area contributed by atoms with Gasteiger partial charge in [-0.05, 0) is 55.9 Å². The molecule has 6 nitrogen and oxygen atoms in total. The molecule has 0 heterocycles. The van der Waals surface area contributed by atoms with Crippen molar-refractivity contribution < 1.29 is 14.3 Å². The van der Waals surface area contributed by atoms with Crippen LogP contribution >= 0.6 is 0 Å². The van der Waals surface area contributed by atoms with Gasteiger partial charge in [0.2, 0.25) is 5.91 Å². The minimum Gasteiger partial charge on any atom is -0.496 e. The molecule has 1 saturated carbocycles. The lowest BCUT2D eigenvalue weighted by molar-refractivity contribution is -0.117. The number of benzene rings is 3. The molecule has 1 aliphatic carbocycles. The Kier molecular flexibility index (Phi) is 6.42. The molecule has 1 atom stereocenters. The molecule has 0 spiro atoms. The monoisotopic (exact) mass is 431 g/mol. The van der Waals surface area contributed by atoms with Crippen molar-refractivity contribution in [2.45, 2.75) is 18.9 Å². The van der Waals surface area contributed by atoms with Crippen molar-refractivity contribution in [2.24, 2.45) is 5.92 Å². The molecule has 2 amide bonds. The largest absolute Gasteiger partial charge is 0.496 e. The Hall–Kier alpha value is -3.38. The van der Waals surface area contributed by atoms with E-state index in [9.17, 15) is 9.59 Å². The number of para-hydroxylation sites is 1. The van der Waals surface area contributed by atoms with E-state index in [0.717, 1.165) is 34.9 Å². The van der Waals surface area contributed by atoms with Crippen LogP contribution in [0.25, 0.3) is 10.8 Å². The van der Waals surface area contributed by atoms with Gasteiger partial charge in [-0.25, -0.2) is 0 Å². The number of likely N-dealkylation sites (N-methyl/N-ethyl adjacent to an activating group) is 1. The van der Waals surface area contributed by atoms with Crippen LogP contribution in [0.4, 0.5) is 5.69 Å². The molecule has 0 aliphatic heterocycles. The number of carbonyl (C=O) groups is 2. The number of amides is 2. The van der Waals surface area contributed by atoms with E-state index in [1.807, 2.05) is 79.7 Å². The second-order valence-corrected chi connectivity index (χ2v) is 8.44. The fourth-order valence-electron chi connectivity index (χ4n) is 3.91. The van der Waals surface area contributed by atoms with Crippen LogP contribution in [0, 0.1) is 5.92 Å². The number of methoxy groups -OCH3 is 1. The summed E-state index contributed by atoms with van der Waals surface area (Å²) in [7, 11) is 5.59. The molecule has 6 heteroatoms. The molecule has 3 aromatic rings. The average Bonchev–Trinajstić information content (AvgIpc) is 3.64. The molecule has 0 saturated heterocycles. The summed E-state index contributed by atoms with van der Waals surface area (Å²) < 4.78 is 5.52. The van der Waals surface area contributed by atoms with E-state index in [1.165, 1.54) is 0 Å². The lowest BCUT2D eigenvalue weighted by atomic mass is 10.0. The highest BCUT2D eigenvalue weighted by Gasteiger charge is 2.30. The zero-order chi connectivity index (χ0) is 22.7. The number of nitrogens with zero attached hydrogens (tertiary/aromatic N) is 1. The molecular formula is C26H29N3O3. The van der Waals surface area contributed by atoms with Crippen LogP contribution < -0.4 is 15.4 Å². The number of ether oxygens (including phenoxy) is 1. The van der Waals surface area contributed by atoms with Crippen LogP contribution in [-0.2, 0) is 4.79 Å². The van der Waals surface area contributed by atoms with Crippen LogP contribution in [0.5, 0.6) is 5.75 Å². The van der Waals surface area contributed by atoms with E-state index >= 15 is 0 Å². The van der Waals surface area contributed by atoms with Crippen LogP contribution in [0.1, 0.15) is 34.8 Å². The fraction of sp³-hybridized carbons (Fsp3) is 0.308. The Balaban J connectivity index is 1.60. The summed E-state index contributed by atoms with van der Waals surface area (Å²) in [5, 5.41) is 7.98. The highest BCUT2D eigenvalue weighted by atomic mass is 16.5. The van der Waals surface area contributed by atoms with Crippen molar-refractivity contribution in [1.29, 1.82) is 0 Å². The molecule has 2 N–H and O–H groups in total. The first-order chi connectivity index (χ1) is 15.5. The Morgan fingerprint density at radius 2 is 1.69 bits per heavy atom. The first-order valence-electron chi connectivity index (χ1n) is 10.9. The highest BCUT2D eigenvalue weighted by molar-refractivity contribution is 6.08. The number of fused-ring (bicyclic) bond motifs is 1. The lowest BCUT2D eigenvalue weighted by Gasteiger charge is -2.26. The number of anilines is 1. The molecule has 166 valence electrons. The third kappa shape index (κ3) is 4.75. The highest BCUT2D eigenvalue weighted by Crippen LogP contribution is 2.32. The van der Waals surface area contributed by atoms with Gasteiger partial charge in [0.15, 0.2) is 0 Å². The van der Waals surface area contributed by atoms with Crippen molar-refractivity contribution in [2.75, 3.05) is 33.1 Å². The van der Waals surface area contributed by atoms with Gasteiger partial charge >= 0.3 is 0 Å². The fourth-order valence-corrected chi connectivity index (χ4v) is 3.91. The first kappa shape index (κ1) is 21.8. The average molecular weight is 432 g/mol. The topological polar surface area (TPSA) is 70.7 Å². The van der Waals surface area contributed by atoms with Crippen molar-refractivity contribution in [3.8, 4) is 5.75 Å². The third-order valence-corrected chi connectivity index (χ3v) is 5.91. The Bertz CT molecular complexity index is 1140. The van der Waals surface area contributed by atoms with E-state index in [-0.39, 0.29) is 23.8 Å². The zero-order valence-corrected chi connectivity index (χ0v) is 18.7. The number of carbonyl (C=O) groups excluding carboxylic acids is 2. The molecule has 1 aliphatic rings. The minimum atomic E-state index is -0.219. The SMILES string of the molecule is COc1ccccc1C(CNC(=O)c1cc2ccccc2cc1NC(=O)C1CC1)N(C)C. The van der Waals surface area contributed by atoms with Gasteiger partial charge in [-0.1, -0.05) is 42.5 Å². The maximum Gasteiger partial charge on any atom is 0.253 e. The van der Waals surface area contributed by atoms with Gasteiger partial charge in [-0.15, -0.1) is 0 Å². The van der Waals surface area contributed by atoms with Crippen molar-refractivity contribution in [1.82, 2.24) is 10.2 Å². The molecule has 1 fully saturated rings. The van der Waals surface area contributed by atoms with Gasteiger partial charge in [0.05, 0.1) is 24.4 Å². The summed E-state index contributed by atoms with van der Waals surface area (Å²) in [5.74, 6) is 0.600. The van der Waals surface area contributed by atoms with E-state index in [4.69, 9.17) is 4.74 Å². The molecular weight excluding hydrogens is 402 g/mol. The number of rotatable bonds is 8. The second kappa shape index (κ2) is 9.40. The van der Waals surface area contributed by atoms with Gasteiger partial charge in [0, 0.05) is 18.0 Å². The Labute approximate surface area is 188 Å². The lowest BCUT2D eigenvalue weighted by Crippen LogP contribution is -2.35. The summed E-state index contributed by atoms with van der Waals surface area (Å²) in [6, 6.07) is 19.3. The summed E-state index contributed by atoms with van der Waals surface area (Å²) in [6.07, 6.45) is 1.81. The Morgan fingerprint density at radius 3 is 2.34 bits per heavy atom. The minimum absolute atomic E-state index is 0.0190. The van der Waals surface area contributed by atoms with E-state index in [2.05, 4.69) is 10.6 Å². The van der Waals surface area contributed by atoms with Crippen LogP contribution in [0.2, 0.25) is 0 Å². The molecule has 4 rings (SSSR count). The predicted octanol–water partition coefficient (Wildman–Crippen LogP) is 4.23. The van der Waals surface area contributed by atoms with Crippen molar-refractivity contribution >= 4 is 28.3 Å². The number of hydrogen-bond donors (Lipinski definition) is 2. The van der Waals surface area contributed by atoms with Crippen LogP contribution in [-0.4, -0.2) is 44.5 Å². The van der Waals surface area contributed by atoms with E-state index < -0.39 is 0 Å². The second-order valence-electron chi connectivity index (χ2n) is 8.44. The van der Waals surface area contributed by atoms with Crippen LogP contribution in [0.3, 0.4) is 0 Å². The quantitative estimate of drug-likeness (QED) is 0.560. The molecule has 1 unspecified atom stereocenters. The molecule has 32 heavy (non-hydrogen) atoms. The van der Waals surface area contributed by atoms with Gasteiger partial charge < -0.3 is 20.3 Å². The molecule has 0 radical (unpaired) electrons. The molecule has 3 aromatic carbocycles. The van der Waals surface area contributed by atoms with Crippen molar-refractivity contribution in [3.05, 3.63) is 71.8 Å². The smallest absolute Gasteiger partial charge is 0.253 e. The third-order valence-electron chi connectivity index (χ3n) is 5.91. The molecule has 0 bridgehead atoms. The number of hydrogen-bond acceptors (Lipinski definition) is 4. The van der Waals surface area contributed by atoms with Crippen LogP contribution in [0.15, 0.2) is 60.7 Å². The van der Waals surface area contributed by atoms with Crippen molar-refractivity contribution in [3.63, 3.8) is 0 Å². The standard InChI is InChI=1S/C26H29N3O3/c1-29(2)23(20-10-6-7-11-24(20)32-3)16-27-26(31)21-14-18-8-4-5-9-19(18)15-22(21)28-25(30)17-12-13-17/h4-11,14-15,17,23H,12-13,16H2,1-3H3,(H,27,31)(H,28,30). The zero-order valence-electron chi connectivity index (χ0n) is 18.7. The van der Waals surface area contributed by atoms with E-state index in [0.29, 0.717) is 17.8 Å². The first-order valence-corrected chi connectivity index (χ1v) is 10.9.